The van der Waals surface area contributed by atoms with Gasteiger partial charge < -0.3 is 10.1 Å². The Bertz CT molecular complexity index is 716. The molecule has 2 N–H and O–H groups in total. The molecule has 0 amide bonds. The number of ether oxygens (including phenoxy) is 1. The summed E-state index contributed by atoms with van der Waals surface area (Å²) in [6.07, 6.45) is 5.11. The number of anilines is 3. The number of nitrogens with zero attached hydrogens (tertiary/aromatic N) is 3. The molecule has 3 rings (SSSR count). The summed E-state index contributed by atoms with van der Waals surface area (Å²) < 4.78 is 5.02. The first kappa shape index (κ1) is 15.7. The molecule has 0 atom stereocenters. The number of fused-ring (bicyclic) bond motifs is 1. The molecule has 0 spiro atoms. The molecule has 2 aromatic rings. The molecule has 7 nitrogen and oxygen atoms in total. The van der Waals surface area contributed by atoms with Crippen LogP contribution in [0.15, 0.2) is 6.20 Å². The van der Waals surface area contributed by atoms with Gasteiger partial charge in [0.25, 0.3) is 0 Å². The normalized spacial score (nSPS) is 13.7. The molecule has 0 bridgehead atoms. The summed E-state index contributed by atoms with van der Waals surface area (Å²) in [5, 5.41) is 6.97. The molecule has 0 radical (unpaired) electrons. The summed E-state index contributed by atoms with van der Waals surface area (Å²) in [7, 11) is 0. The molecule has 1 aliphatic rings. The van der Waals surface area contributed by atoms with Crippen LogP contribution >= 0.6 is 11.3 Å². The van der Waals surface area contributed by atoms with Gasteiger partial charge in [-0.3, -0.25) is 5.32 Å². The molecule has 8 heteroatoms. The van der Waals surface area contributed by atoms with Gasteiger partial charge in [-0.25, -0.2) is 14.8 Å². The van der Waals surface area contributed by atoms with Crippen molar-refractivity contribution in [2.45, 2.75) is 33.1 Å². The maximum atomic E-state index is 11.8. The minimum absolute atomic E-state index is 0.346. The van der Waals surface area contributed by atoms with E-state index in [2.05, 4.69) is 25.6 Å². The number of nitrogens with one attached hydrogen (secondary N) is 2. The summed E-state index contributed by atoms with van der Waals surface area (Å²) in [6, 6.07) is 0. The molecule has 3 heterocycles. The van der Waals surface area contributed by atoms with Gasteiger partial charge in [0.05, 0.1) is 12.3 Å². The lowest BCUT2D eigenvalue weighted by Gasteiger charge is -2.08. The first-order chi connectivity index (χ1) is 11.2. The van der Waals surface area contributed by atoms with E-state index < -0.39 is 0 Å². The van der Waals surface area contributed by atoms with Crippen molar-refractivity contribution < 1.29 is 9.53 Å². The molecule has 0 aliphatic carbocycles. The second kappa shape index (κ2) is 6.91. The molecule has 0 saturated carbocycles. The number of thiazole rings is 1. The Morgan fingerprint density at radius 1 is 1.43 bits per heavy atom. The fourth-order valence-corrected chi connectivity index (χ4v) is 3.24. The van der Waals surface area contributed by atoms with Crippen LogP contribution in [0.1, 0.15) is 40.7 Å². The molecule has 0 aromatic carbocycles. The Kier molecular flexibility index (Phi) is 4.71. The Balaban J connectivity index is 1.78. The predicted octanol–water partition coefficient (Wildman–Crippen LogP) is 2.91. The zero-order valence-corrected chi connectivity index (χ0v) is 14.0. The van der Waals surface area contributed by atoms with Crippen LogP contribution in [0.3, 0.4) is 0 Å². The minimum atomic E-state index is -0.347. The van der Waals surface area contributed by atoms with Crippen LogP contribution in [0, 0.1) is 6.92 Å². The third-order valence-corrected chi connectivity index (χ3v) is 4.56. The van der Waals surface area contributed by atoms with E-state index in [0.29, 0.717) is 28.3 Å². The van der Waals surface area contributed by atoms with Crippen molar-refractivity contribution in [3.8, 4) is 0 Å². The average Bonchev–Trinajstić information content (AvgIpc) is 2.75. The second-order valence-electron chi connectivity index (χ2n) is 5.23. The lowest BCUT2D eigenvalue weighted by atomic mass is 10.1. The van der Waals surface area contributed by atoms with E-state index in [4.69, 9.17) is 4.74 Å². The third kappa shape index (κ3) is 3.58. The Morgan fingerprint density at radius 2 is 2.30 bits per heavy atom. The third-order valence-electron chi connectivity index (χ3n) is 3.51. The van der Waals surface area contributed by atoms with Crippen molar-refractivity contribution in [1.29, 1.82) is 0 Å². The summed E-state index contributed by atoms with van der Waals surface area (Å²) in [5.74, 6) is 1.00. The van der Waals surface area contributed by atoms with Crippen LogP contribution in [0.2, 0.25) is 0 Å². The predicted molar refractivity (Wildman–Crippen MR) is 89.5 cm³/mol. The van der Waals surface area contributed by atoms with Crippen molar-refractivity contribution in [2.24, 2.45) is 0 Å². The molecule has 122 valence electrons. The van der Waals surface area contributed by atoms with Crippen molar-refractivity contribution in [1.82, 2.24) is 15.0 Å². The Labute approximate surface area is 138 Å². The topological polar surface area (TPSA) is 89.0 Å². The van der Waals surface area contributed by atoms with Crippen molar-refractivity contribution in [3.63, 3.8) is 0 Å². The lowest BCUT2D eigenvalue weighted by molar-refractivity contribution is 0.0531. The summed E-state index contributed by atoms with van der Waals surface area (Å²) in [4.78, 5) is 25.5. The quantitative estimate of drug-likeness (QED) is 0.832. The molecule has 1 aliphatic heterocycles. The molecule has 0 unspecified atom stereocenters. The van der Waals surface area contributed by atoms with E-state index in [9.17, 15) is 4.79 Å². The van der Waals surface area contributed by atoms with Gasteiger partial charge in [0.2, 0.25) is 5.95 Å². The number of carbonyl (C=O) groups is 1. The zero-order valence-electron chi connectivity index (χ0n) is 13.2. The van der Waals surface area contributed by atoms with Gasteiger partial charge in [0, 0.05) is 18.3 Å². The maximum Gasteiger partial charge on any atom is 0.350 e. The number of aromatic nitrogens is 3. The van der Waals surface area contributed by atoms with Crippen molar-refractivity contribution in [2.75, 3.05) is 23.8 Å². The van der Waals surface area contributed by atoms with Gasteiger partial charge in [-0.05, 0) is 33.1 Å². The zero-order chi connectivity index (χ0) is 16.2. The lowest BCUT2D eigenvalue weighted by Crippen LogP contribution is -2.05. The first-order valence-electron chi connectivity index (χ1n) is 7.68. The van der Waals surface area contributed by atoms with Crippen LogP contribution in [0.4, 0.5) is 16.9 Å². The number of rotatable bonds is 4. The van der Waals surface area contributed by atoms with E-state index >= 15 is 0 Å². The number of hydrogen-bond acceptors (Lipinski definition) is 8. The molecular formula is C15H19N5O2S. The number of hydrogen-bond donors (Lipinski definition) is 2. The monoisotopic (exact) mass is 333 g/mol. The van der Waals surface area contributed by atoms with Gasteiger partial charge in [-0.1, -0.05) is 11.3 Å². The van der Waals surface area contributed by atoms with Crippen molar-refractivity contribution in [3.05, 3.63) is 22.3 Å². The van der Waals surface area contributed by atoms with Crippen LogP contribution in [0.25, 0.3) is 0 Å². The summed E-state index contributed by atoms with van der Waals surface area (Å²) in [6.45, 7) is 4.84. The van der Waals surface area contributed by atoms with E-state index in [1.165, 1.54) is 11.3 Å². The smallest absolute Gasteiger partial charge is 0.350 e. The second-order valence-corrected chi connectivity index (χ2v) is 6.23. The highest BCUT2D eigenvalue weighted by Crippen LogP contribution is 2.26. The molecule has 2 aromatic heterocycles. The SMILES string of the molecule is CCOC(=O)c1sc(Nc2ncc3c(n2)NCCCC3)nc1C. The summed E-state index contributed by atoms with van der Waals surface area (Å²) in [5.41, 5.74) is 1.78. The first-order valence-corrected chi connectivity index (χ1v) is 8.50. The van der Waals surface area contributed by atoms with Gasteiger partial charge in [0.15, 0.2) is 5.13 Å². The molecule has 0 fully saturated rings. The Hall–Kier alpha value is -2.22. The van der Waals surface area contributed by atoms with Crippen molar-refractivity contribution >= 4 is 34.2 Å². The van der Waals surface area contributed by atoms with E-state index in [0.717, 1.165) is 37.2 Å². The van der Waals surface area contributed by atoms with E-state index in [-0.39, 0.29) is 5.97 Å². The van der Waals surface area contributed by atoms with E-state index in [1.807, 2.05) is 6.20 Å². The highest BCUT2D eigenvalue weighted by atomic mass is 32.1. The van der Waals surface area contributed by atoms with Gasteiger partial charge in [-0.15, -0.1) is 0 Å². The number of carbonyl (C=O) groups excluding carboxylic acids is 1. The Morgan fingerprint density at radius 3 is 3.13 bits per heavy atom. The number of esters is 1. The molecular weight excluding hydrogens is 314 g/mol. The van der Waals surface area contributed by atoms with Gasteiger partial charge >= 0.3 is 5.97 Å². The highest BCUT2D eigenvalue weighted by Gasteiger charge is 2.17. The van der Waals surface area contributed by atoms with Crippen LogP contribution in [-0.2, 0) is 11.2 Å². The van der Waals surface area contributed by atoms with Crippen LogP contribution in [-0.4, -0.2) is 34.1 Å². The van der Waals surface area contributed by atoms with E-state index in [1.54, 1.807) is 13.8 Å². The average molecular weight is 333 g/mol. The van der Waals surface area contributed by atoms with Crippen LogP contribution in [0.5, 0.6) is 0 Å². The van der Waals surface area contributed by atoms with Gasteiger partial charge in [-0.2, -0.15) is 4.98 Å². The number of aryl methyl sites for hydroxylation is 2. The highest BCUT2D eigenvalue weighted by molar-refractivity contribution is 7.17. The molecule has 0 saturated heterocycles. The fraction of sp³-hybridized carbons (Fsp3) is 0.467. The van der Waals surface area contributed by atoms with Gasteiger partial charge in [0.1, 0.15) is 10.7 Å². The summed E-state index contributed by atoms with van der Waals surface area (Å²) >= 11 is 1.25. The maximum absolute atomic E-state index is 11.8. The van der Waals surface area contributed by atoms with Crippen LogP contribution < -0.4 is 10.6 Å². The largest absolute Gasteiger partial charge is 0.462 e. The minimum Gasteiger partial charge on any atom is -0.462 e. The standard InChI is InChI=1S/C15H19N5O2S/c1-3-22-13(21)11-9(2)18-15(23-11)20-14-17-8-10-6-4-5-7-16-12(10)19-14/h8H,3-7H2,1-2H3,(H2,16,17,18,19,20). The fourth-order valence-electron chi connectivity index (χ4n) is 2.38. The molecule has 23 heavy (non-hydrogen) atoms.